The van der Waals surface area contributed by atoms with Gasteiger partial charge < -0.3 is 5.32 Å². The Hall–Kier alpha value is -3.11. The van der Waals surface area contributed by atoms with E-state index >= 15 is 0 Å². The maximum atomic E-state index is 8.76. The average molecular weight is 480 g/mol. The van der Waals surface area contributed by atoms with Gasteiger partial charge in [-0.05, 0) is 12.1 Å². The van der Waals surface area contributed by atoms with Crippen LogP contribution in [0.25, 0.3) is 22.0 Å². The number of anilines is 1. The van der Waals surface area contributed by atoms with Crippen LogP contribution in [-0.4, -0.2) is 65.2 Å². The predicted octanol–water partition coefficient (Wildman–Crippen LogP) is 2.84. The monoisotopic (exact) mass is 479 g/mol. The van der Waals surface area contributed by atoms with E-state index in [1.165, 1.54) is 0 Å². The second-order valence-electron chi connectivity index (χ2n) is 7.47. The number of halogens is 1. The lowest BCUT2D eigenvalue weighted by Crippen LogP contribution is -2.41. The summed E-state index contributed by atoms with van der Waals surface area (Å²) in [5.41, 5.74) is 2.83. The third-order valence-corrected chi connectivity index (χ3v) is 6.26. The number of para-hydroxylation sites is 1. The summed E-state index contributed by atoms with van der Waals surface area (Å²) in [4.78, 5) is 11.0. The van der Waals surface area contributed by atoms with E-state index < -0.39 is 0 Å². The van der Waals surface area contributed by atoms with Gasteiger partial charge in [0.15, 0.2) is 0 Å². The molecule has 0 bridgehead atoms. The molecule has 2 N–H and O–H groups in total. The SMILES string of the molecule is CNc1c(-c2cnc3ccccc3c2)cnn1C(=N)C(Br)CN1CCn2ncnc2C1. The molecule has 1 aliphatic rings. The Morgan fingerprint density at radius 3 is 2.94 bits per heavy atom. The number of nitrogens with zero attached hydrogens (tertiary/aromatic N) is 7. The third kappa shape index (κ3) is 3.72. The molecule has 31 heavy (non-hydrogen) atoms. The zero-order valence-corrected chi connectivity index (χ0v) is 18.6. The molecule has 3 aromatic heterocycles. The van der Waals surface area contributed by atoms with E-state index in [1.807, 2.05) is 42.2 Å². The van der Waals surface area contributed by atoms with Gasteiger partial charge in [-0.25, -0.2) is 14.3 Å². The van der Waals surface area contributed by atoms with Gasteiger partial charge in [0.2, 0.25) is 0 Å². The van der Waals surface area contributed by atoms with Crippen molar-refractivity contribution in [1.82, 2.24) is 34.4 Å². The van der Waals surface area contributed by atoms with Crippen molar-refractivity contribution in [3.05, 3.63) is 54.9 Å². The predicted molar refractivity (Wildman–Crippen MR) is 124 cm³/mol. The number of hydrogen-bond acceptors (Lipinski definition) is 7. The van der Waals surface area contributed by atoms with Crippen LogP contribution in [-0.2, 0) is 13.1 Å². The number of aromatic nitrogens is 6. The van der Waals surface area contributed by atoms with Crippen LogP contribution in [0.2, 0.25) is 0 Å². The summed E-state index contributed by atoms with van der Waals surface area (Å²) in [7, 11) is 1.85. The van der Waals surface area contributed by atoms with Crippen molar-refractivity contribution in [3.63, 3.8) is 0 Å². The van der Waals surface area contributed by atoms with E-state index in [0.29, 0.717) is 12.4 Å². The fourth-order valence-corrected chi connectivity index (χ4v) is 4.52. The van der Waals surface area contributed by atoms with Crippen LogP contribution in [0.15, 0.2) is 49.1 Å². The molecule has 0 saturated carbocycles. The van der Waals surface area contributed by atoms with Crippen LogP contribution in [0.1, 0.15) is 5.82 Å². The maximum Gasteiger partial charge on any atom is 0.141 e. The molecule has 1 unspecified atom stereocenters. The van der Waals surface area contributed by atoms with E-state index in [9.17, 15) is 0 Å². The molecule has 4 aromatic rings. The quantitative estimate of drug-likeness (QED) is 0.259. The summed E-state index contributed by atoms with van der Waals surface area (Å²) in [5, 5.41) is 21.8. The topological polar surface area (TPSA) is 101 Å². The first-order valence-corrected chi connectivity index (χ1v) is 11.0. The fraction of sp³-hybridized carbons (Fsp3) is 0.286. The summed E-state index contributed by atoms with van der Waals surface area (Å²) in [6.45, 7) is 3.09. The Balaban J connectivity index is 1.37. The van der Waals surface area contributed by atoms with Crippen LogP contribution in [0.5, 0.6) is 0 Å². The van der Waals surface area contributed by atoms with Crippen LogP contribution in [0.4, 0.5) is 5.82 Å². The van der Waals surface area contributed by atoms with Crippen molar-refractivity contribution in [2.75, 3.05) is 25.5 Å². The van der Waals surface area contributed by atoms with Crippen molar-refractivity contribution < 1.29 is 0 Å². The molecule has 0 fully saturated rings. The number of pyridine rings is 1. The molecule has 10 heteroatoms. The summed E-state index contributed by atoms with van der Waals surface area (Å²) in [5.74, 6) is 2.10. The Bertz CT molecular complexity index is 1240. The molecular weight excluding hydrogens is 458 g/mol. The Labute approximate surface area is 187 Å². The number of nitrogens with one attached hydrogen (secondary N) is 2. The van der Waals surface area contributed by atoms with E-state index in [1.54, 1.807) is 17.2 Å². The van der Waals surface area contributed by atoms with Crippen LogP contribution in [0.3, 0.4) is 0 Å². The number of hydrogen-bond donors (Lipinski definition) is 2. The normalized spacial score (nSPS) is 15.0. The van der Waals surface area contributed by atoms with Crippen molar-refractivity contribution >= 4 is 38.5 Å². The summed E-state index contributed by atoms with van der Waals surface area (Å²) < 4.78 is 3.58. The van der Waals surface area contributed by atoms with E-state index in [0.717, 1.165) is 53.3 Å². The molecule has 9 nitrogen and oxygen atoms in total. The van der Waals surface area contributed by atoms with Gasteiger partial charge in [-0.1, -0.05) is 34.1 Å². The number of fused-ring (bicyclic) bond motifs is 2. The Morgan fingerprint density at radius 2 is 2.06 bits per heavy atom. The van der Waals surface area contributed by atoms with Gasteiger partial charge in [-0.15, -0.1) is 0 Å². The molecule has 158 valence electrons. The highest BCUT2D eigenvalue weighted by molar-refractivity contribution is 9.10. The lowest BCUT2D eigenvalue weighted by atomic mass is 10.1. The summed E-state index contributed by atoms with van der Waals surface area (Å²) in [6.07, 6.45) is 5.23. The molecule has 0 radical (unpaired) electrons. The lowest BCUT2D eigenvalue weighted by Gasteiger charge is -2.28. The Kier molecular flexibility index (Phi) is 5.24. The highest BCUT2D eigenvalue weighted by Gasteiger charge is 2.25. The molecule has 0 amide bonds. The van der Waals surface area contributed by atoms with Gasteiger partial charge in [0.25, 0.3) is 0 Å². The molecule has 1 aliphatic heterocycles. The maximum absolute atomic E-state index is 8.76. The molecule has 0 saturated heterocycles. The smallest absolute Gasteiger partial charge is 0.141 e. The van der Waals surface area contributed by atoms with Crippen molar-refractivity contribution in [1.29, 1.82) is 5.41 Å². The molecule has 0 spiro atoms. The Morgan fingerprint density at radius 1 is 1.19 bits per heavy atom. The summed E-state index contributed by atoms with van der Waals surface area (Å²) >= 11 is 3.70. The molecular formula is C21H22BrN9. The number of benzene rings is 1. The van der Waals surface area contributed by atoms with Gasteiger partial charge in [0.1, 0.15) is 23.8 Å². The first-order chi connectivity index (χ1) is 15.1. The number of alkyl halides is 1. The van der Waals surface area contributed by atoms with Crippen molar-refractivity contribution in [2.24, 2.45) is 0 Å². The minimum atomic E-state index is -0.184. The van der Waals surface area contributed by atoms with Gasteiger partial charge in [0.05, 0.1) is 29.6 Å². The van der Waals surface area contributed by atoms with Crippen LogP contribution < -0.4 is 5.32 Å². The third-order valence-electron chi connectivity index (χ3n) is 5.54. The second kappa shape index (κ2) is 8.20. The molecule has 0 aliphatic carbocycles. The van der Waals surface area contributed by atoms with E-state index in [2.05, 4.69) is 52.4 Å². The minimum absolute atomic E-state index is 0.184. The second-order valence-corrected chi connectivity index (χ2v) is 8.58. The highest BCUT2D eigenvalue weighted by Crippen LogP contribution is 2.30. The standard InChI is InChI=1S/C21H22BrN9/c1-24-21-16(15-8-14-4-2-3-5-18(14)25-9-15)10-27-31(21)20(23)17(22)11-29-6-7-30-19(12-29)26-13-28-30/h2-5,8-10,13,17,23-24H,6-7,11-12H2,1H3. The molecule has 4 heterocycles. The molecule has 1 aromatic carbocycles. The number of rotatable bonds is 5. The van der Waals surface area contributed by atoms with E-state index in [4.69, 9.17) is 5.41 Å². The van der Waals surface area contributed by atoms with Gasteiger partial charge in [0, 0.05) is 42.8 Å². The summed E-state index contributed by atoms with van der Waals surface area (Å²) in [6, 6.07) is 10.1. The largest absolute Gasteiger partial charge is 0.372 e. The first kappa shape index (κ1) is 19.8. The highest BCUT2D eigenvalue weighted by atomic mass is 79.9. The average Bonchev–Trinajstić information content (AvgIpc) is 3.44. The minimum Gasteiger partial charge on any atom is -0.372 e. The van der Waals surface area contributed by atoms with Gasteiger partial charge in [-0.3, -0.25) is 15.3 Å². The van der Waals surface area contributed by atoms with Gasteiger partial charge >= 0.3 is 0 Å². The first-order valence-electron chi connectivity index (χ1n) is 10.1. The van der Waals surface area contributed by atoms with E-state index in [-0.39, 0.29) is 4.83 Å². The lowest BCUT2D eigenvalue weighted by molar-refractivity contribution is 0.217. The zero-order valence-electron chi connectivity index (χ0n) is 17.0. The molecule has 1 atom stereocenters. The fourth-order valence-electron chi connectivity index (χ4n) is 3.92. The zero-order chi connectivity index (χ0) is 21.4. The van der Waals surface area contributed by atoms with Crippen LogP contribution >= 0.6 is 15.9 Å². The van der Waals surface area contributed by atoms with Crippen molar-refractivity contribution in [2.45, 2.75) is 17.9 Å². The molecule has 5 rings (SSSR count). The van der Waals surface area contributed by atoms with Crippen LogP contribution in [0, 0.1) is 5.41 Å². The van der Waals surface area contributed by atoms with Gasteiger partial charge in [-0.2, -0.15) is 10.2 Å². The van der Waals surface area contributed by atoms with Crippen molar-refractivity contribution in [3.8, 4) is 11.1 Å².